The zero-order valence-corrected chi connectivity index (χ0v) is 16.6. The van der Waals surface area contributed by atoms with Gasteiger partial charge in [0.2, 0.25) is 0 Å². The largest absolute Gasteiger partial charge is 0.493 e. The molecule has 0 bridgehead atoms. The van der Waals surface area contributed by atoms with Crippen molar-refractivity contribution in [3.05, 3.63) is 47.8 Å². The smallest absolute Gasteiger partial charge is 0.270 e. The number of carbonyl (C=O) groups excluding carboxylic acids is 2. The molecule has 28 heavy (non-hydrogen) atoms. The fourth-order valence-corrected chi connectivity index (χ4v) is 3.66. The number of carbonyl (C=O) groups is 2. The summed E-state index contributed by atoms with van der Waals surface area (Å²) in [6, 6.07) is 8.93. The number of nitrogens with zero attached hydrogens (tertiary/aromatic N) is 2. The topological polar surface area (TPSA) is 72.8 Å². The highest BCUT2D eigenvalue weighted by Gasteiger charge is 2.26. The van der Waals surface area contributed by atoms with Crippen molar-refractivity contribution < 1.29 is 19.1 Å². The van der Waals surface area contributed by atoms with E-state index in [2.05, 4.69) is 5.32 Å². The summed E-state index contributed by atoms with van der Waals surface area (Å²) in [5.74, 6) is 0.997. The first-order valence-corrected chi connectivity index (χ1v) is 9.45. The fraction of sp³-hybridized carbons (Fsp3) is 0.429. The van der Waals surface area contributed by atoms with Gasteiger partial charge in [0, 0.05) is 32.9 Å². The van der Waals surface area contributed by atoms with Crippen LogP contribution in [0.2, 0.25) is 0 Å². The quantitative estimate of drug-likeness (QED) is 0.828. The maximum absolute atomic E-state index is 12.7. The van der Waals surface area contributed by atoms with Gasteiger partial charge in [0.25, 0.3) is 11.8 Å². The van der Waals surface area contributed by atoms with Crippen LogP contribution < -0.4 is 14.8 Å². The first-order chi connectivity index (χ1) is 13.5. The number of methoxy groups -OCH3 is 2. The molecule has 2 aromatic rings. The van der Waals surface area contributed by atoms with Crippen LogP contribution in [-0.2, 0) is 7.05 Å². The Balaban J connectivity index is 1.61. The molecule has 7 heteroatoms. The lowest BCUT2D eigenvalue weighted by Gasteiger charge is -2.33. The van der Waals surface area contributed by atoms with Crippen molar-refractivity contribution in [1.82, 2.24) is 14.8 Å². The maximum Gasteiger partial charge on any atom is 0.270 e. The predicted molar refractivity (Wildman–Crippen MR) is 106 cm³/mol. The second-order valence-electron chi connectivity index (χ2n) is 7.01. The molecule has 0 unspecified atom stereocenters. The molecule has 1 atom stereocenters. The number of ether oxygens (including phenoxy) is 2. The van der Waals surface area contributed by atoms with Crippen molar-refractivity contribution in [3.8, 4) is 11.5 Å². The molecule has 7 nitrogen and oxygen atoms in total. The van der Waals surface area contributed by atoms with Crippen molar-refractivity contribution in [3.63, 3.8) is 0 Å². The average Bonchev–Trinajstić information content (AvgIpc) is 3.16. The molecule has 1 saturated heterocycles. The molecular formula is C21H27N3O4. The number of para-hydroxylation sites is 1. The molecule has 150 valence electrons. The number of aryl methyl sites for hydroxylation is 1. The molecule has 2 amide bonds. The Bertz CT molecular complexity index is 846. The summed E-state index contributed by atoms with van der Waals surface area (Å²) in [7, 11) is 4.93. The van der Waals surface area contributed by atoms with Gasteiger partial charge in [-0.25, -0.2) is 0 Å². The highest BCUT2D eigenvalue weighted by Crippen LogP contribution is 2.30. The van der Waals surface area contributed by atoms with E-state index in [9.17, 15) is 9.59 Å². The van der Waals surface area contributed by atoms with E-state index in [0.717, 1.165) is 19.4 Å². The van der Waals surface area contributed by atoms with Gasteiger partial charge in [0.15, 0.2) is 11.5 Å². The van der Waals surface area contributed by atoms with E-state index in [4.69, 9.17) is 9.47 Å². The summed E-state index contributed by atoms with van der Waals surface area (Å²) in [5, 5.41) is 2.98. The minimum absolute atomic E-state index is 0.0398. The van der Waals surface area contributed by atoms with Crippen LogP contribution in [0.5, 0.6) is 11.5 Å². The van der Waals surface area contributed by atoms with Crippen molar-refractivity contribution in [1.29, 1.82) is 0 Å². The van der Waals surface area contributed by atoms with Crippen LogP contribution in [-0.4, -0.2) is 55.1 Å². The Morgan fingerprint density at radius 1 is 1.18 bits per heavy atom. The van der Waals surface area contributed by atoms with Crippen LogP contribution in [0.3, 0.4) is 0 Å². The Hall–Kier alpha value is -2.96. The van der Waals surface area contributed by atoms with E-state index in [1.54, 1.807) is 25.3 Å². The van der Waals surface area contributed by atoms with Gasteiger partial charge in [0.05, 0.1) is 19.8 Å². The van der Waals surface area contributed by atoms with Crippen LogP contribution in [0.4, 0.5) is 0 Å². The molecule has 1 aliphatic heterocycles. The molecule has 0 saturated carbocycles. The van der Waals surface area contributed by atoms with Crippen molar-refractivity contribution in [2.45, 2.75) is 12.8 Å². The van der Waals surface area contributed by atoms with Crippen LogP contribution in [0.25, 0.3) is 0 Å². The minimum Gasteiger partial charge on any atom is -0.493 e. The molecule has 1 aliphatic rings. The van der Waals surface area contributed by atoms with Gasteiger partial charge in [-0.3, -0.25) is 9.59 Å². The summed E-state index contributed by atoms with van der Waals surface area (Å²) >= 11 is 0. The van der Waals surface area contributed by atoms with Gasteiger partial charge in [-0.05, 0) is 43.0 Å². The van der Waals surface area contributed by atoms with Crippen LogP contribution in [0, 0.1) is 5.92 Å². The Kier molecular flexibility index (Phi) is 6.23. The second-order valence-corrected chi connectivity index (χ2v) is 7.01. The third-order valence-electron chi connectivity index (χ3n) is 5.17. The zero-order chi connectivity index (χ0) is 20.1. The van der Waals surface area contributed by atoms with Crippen molar-refractivity contribution in [2.24, 2.45) is 13.0 Å². The molecule has 3 rings (SSSR count). The lowest BCUT2D eigenvalue weighted by molar-refractivity contribution is 0.0661. The molecule has 2 heterocycles. The number of benzene rings is 1. The lowest BCUT2D eigenvalue weighted by Crippen LogP contribution is -2.44. The molecule has 0 spiro atoms. The zero-order valence-electron chi connectivity index (χ0n) is 16.6. The Labute approximate surface area is 165 Å². The van der Waals surface area contributed by atoms with E-state index in [0.29, 0.717) is 35.8 Å². The molecule has 1 aromatic carbocycles. The van der Waals surface area contributed by atoms with Gasteiger partial charge in [-0.2, -0.15) is 0 Å². The summed E-state index contributed by atoms with van der Waals surface area (Å²) in [4.78, 5) is 27.3. The standard InChI is InChI=1S/C21H27N3O4/c1-23-11-6-9-17(23)21(26)24-12-5-7-15(14-24)13-22-20(25)16-8-4-10-18(27-2)19(16)28-3/h4,6,8-11,15H,5,7,12-14H2,1-3H3,(H,22,25)/t15-/m1/s1. The van der Waals surface area contributed by atoms with Gasteiger partial charge in [0.1, 0.15) is 5.69 Å². The van der Waals surface area contributed by atoms with Crippen LogP contribution in [0.1, 0.15) is 33.7 Å². The first kappa shape index (κ1) is 19.8. The molecule has 0 radical (unpaired) electrons. The number of nitrogens with one attached hydrogen (secondary N) is 1. The highest BCUT2D eigenvalue weighted by molar-refractivity contribution is 5.97. The molecular weight excluding hydrogens is 358 g/mol. The lowest BCUT2D eigenvalue weighted by atomic mass is 9.97. The molecule has 1 aromatic heterocycles. The van der Waals surface area contributed by atoms with E-state index in [-0.39, 0.29) is 17.7 Å². The molecule has 0 aliphatic carbocycles. The Morgan fingerprint density at radius 2 is 2.00 bits per heavy atom. The van der Waals surface area contributed by atoms with Gasteiger partial charge in [-0.15, -0.1) is 0 Å². The monoisotopic (exact) mass is 385 g/mol. The van der Waals surface area contributed by atoms with Crippen LogP contribution >= 0.6 is 0 Å². The summed E-state index contributed by atoms with van der Waals surface area (Å²) in [6.45, 7) is 1.90. The average molecular weight is 385 g/mol. The maximum atomic E-state index is 12.7. The SMILES string of the molecule is COc1cccc(C(=O)NC[C@H]2CCCN(C(=O)c3cccn3C)C2)c1OC. The van der Waals surface area contributed by atoms with E-state index in [1.807, 2.05) is 34.8 Å². The Morgan fingerprint density at radius 3 is 2.68 bits per heavy atom. The number of hydrogen-bond acceptors (Lipinski definition) is 4. The number of piperidine rings is 1. The van der Waals surface area contributed by atoms with E-state index in [1.165, 1.54) is 7.11 Å². The second kappa shape index (κ2) is 8.82. The van der Waals surface area contributed by atoms with Gasteiger partial charge < -0.3 is 24.3 Å². The van der Waals surface area contributed by atoms with Gasteiger partial charge in [-0.1, -0.05) is 6.07 Å². The number of aromatic nitrogens is 1. The van der Waals surface area contributed by atoms with Crippen LogP contribution in [0.15, 0.2) is 36.5 Å². The fourth-order valence-electron chi connectivity index (χ4n) is 3.66. The third-order valence-corrected chi connectivity index (χ3v) is 5.17. The summed E-state index contributed by atoms with van der Waals surface area (Å²) < 4.78 is 12.4. The number of hydrogen-bond donors (Lipinski definition) is 1. The number of amides is 2. The van der Waals surface area contributed by atoms with Gasteiger partial charge >= 0.3 is 0 Å². The highest BCUT2D eigenvalue weighted by atomic mass is 16.5. The number of rotatable bonds is 6. The summed E-state index contributed by atoms with van der Waals surface area (Å²) in [5.41, 5.74) is 1.13. The minimum atomic E-state index is -0.207. The normalized spacial score (nSPS) is 16.5. The third kappa shape index (κ3) is 4.13. The molecule has 1 fully saturated rings. The first-order valence-electron chi connectivity index (χ1n) is 9.45. The summed E-state index contributed by atoms with van der Waals surface area (Å²) in [6.07, 6.45) is 3.78. The van der Waals surface area contributed by atoms with E-state index >= 15 is 0 Å². The molecule has 1 N–H and O–H groups in total. The van der Waals surface area contributed by atoms with Crippen molar-refractivity contribution in [2.75, 3.05) is 33.9 Å². The predicted octanol–water partition coefficient (Wildman–Crippen LogP) is 2.32. The number of likely N-dealkylation sites (tertiary alicyclic amines) is 1. The van der Waals surface area contributed by atoms with E-state index < -0.39 is 0 Å². The van der Waals surface area contributed by atoms with Crippen molar-refractivity contribution >= 4 is 11.8 Å².